The summed E-state index contributed by atoms with van der Waals surface area (Å²) >= 11 is 0. The van der Waals surface area contributed by atoms with E-state index in [1.165, 1.54) is 0 Å². The normalized spacial score (nSPS) is 11.8. The summed E-state index contributed by atoms with van der Waals surface area (Å²) in [7, 11) is -3.19. The molecule has 1 heterocycles. The highest BCUT2D eigenvalue weighted by Crippen LogP contribution is 2.18. The predicted molar refractivity (Wildman–Crippen MR) is 61.4 cm³/mol. The summed E-state index contributed by atoms with van der Waals surface area (Å²) in [4.78, 5) is 3.03. The van der Waals surface area contributed by atoms with Crippen LogP contribution in [0.1, 0.15) is 6.92 Å². The number of benzene rings is 1. The van der Waals surface area contributed by atoms with Gasteiger partial charge in [-0.15, -0.1) is 0 Å². The van der Waals surface area contributed by atoms with Crippen LogP contribution in [-0.4, -0.2) is 19.2 Å². The molecule has 0 aliphatic rings. The minimum atomic E-state index is -3.19. The van der Waals surface area contributed by atoms with Gasteiger partial charge in [-0.25, -0.2) is 8.42 Å². The quantitative estimate of drug-likeness (QED) is 0.836. The number of rotatable bonds is 3. The molecule has 0 saturated carbocycles. The fourth-order valence-electron chi connectivity index (χ4n) is 1.36. The first-order valence-electron chi connectivity index (χ1n) is 4.68. The first-order chi connectivity index (χ1) is 7.11. The number of fused-ring (bicyclic) bond motifs is 1. The molecule has 0 radical (unpaired) electrons. The summed E-state index contributed by atoms with van der Waals surface area (Å²) in [5.41, 5.74) is 1.51. The second kappa shape index (κ2) is 3.58. The lowest BCUT2D eigenvalue weighted by Gasteiger charge is -2.05. The highest BCUT2D eigenvalue weighted by Gasteiger charge is 2.06. The van der Waals surface area contributed by atoms with Gasteiger partial charge in [0.15, 0.2) is 0 Å². The van der Waals surface area contributed by atoms with Crippen molar-refractivity contribution in [2.75, 3.05) is 10.5 Å². The number of nitrogens with one attached hydrogen (secondary N) is 2. The Balaban J connectivity index is 2.37. The Kier molecular flexibility index (Phi) is 2.40. The molecule has 2 rings (SSSR count). The minimum absolute atomic E-state index is 0.0791. The standard InChI is InChI=1S/C10H12N2O2S/c1-2-15(13,14)12-9-4-3-8-5-6-11-10(8)7-9/h3-7,11-12H,2H2,1H3. The van der Waals surface area contributed by atoms with E-state index in [0.717, 1.165) is 10.9 Å². The van der Waals surface area contributed by atoms with Crippen LogP contribution in [0, 0.1) is 0 Å². The molecule has 1 aromatic heterocycles. The molecule has 4 nitrogen and oxygen atoms in total. The molecule has 0 bridgehead atoms. The number of hydrogen-bond acceptors (Lipinski definition) is 2. The Morgan fingerprint density at radius 3 is 2.87 bits per heavy atom. The van der Waals surface area contributed by atoms with Crippen molar-refractivity contribution in [2.45, 2.75) is 6.92 Å². The highest BCUT2D eigenvalue weighted by atomic mass is 32.2. The lowest BCUT2D eigenvalue weighted by molar-refractivity contribution is 0.602. The van der Waals surface area contributed by atoms with Crippen LogP contribution in [0.2, 0.25) is 0 Å². The zero-order chi connectivity index (χ0) is 10.9. The number of aromatic amines is 1. The molecular formula is C10H12N2O2S. The van der Waals surface area contributed by atoms with Crippen molar-refractivity contribution in [3.63, 3.8) is 0 Å². The van der Waals surface area contributed by atoms with Gasteiger partial charge in [-0.05, 0) is 30.5 Å². The van der Waals surface area contributed by atoms with E-state index < -0.39 is 10.0 Å². The van der Waals surface area contributed by atoms with Gasteiger partial charge in [-0.1, -0.05) is 6.07 Å². The Bertz CT molecular complexity index is 572. The average Bonchev–Trinajstić information content (AvgIpc) is 2.64. The number of sulfonamides is 1. The first kappa shape index (κ1) is 10.0. The van der Waals surface area contributed by atoms with Gasteiger partial charge in [-0.3, -0.25) is 4.72 Å². The molecule has 0 atom stereocenters. The maximum absolute atomic E-state index is 11.3. The van der Waals surface area contributed by atoms with Crippen LogP contribution in [0.25, 0.3) is 10.9 Å². The average molecular weight is 224 g/mol. The van der Waals surface area contributed by atoms with E-state index >= 15 is 0 Å². The van der Waals surface area contributed by atoms with Gasteiger partial charge >= 0.3 is 0 Å². The third-order valence-electron chi connectivity index (χ3n) is 2.21. The first-order valence-corrected chi connectivity index (χ1v) is 6.33. The third kappa shape index (κ3) is 2.12. The number of H-pyrrole nitrogens is 1. The van der Waals surface area contributed by atoms with Crippen molar-refractivity contribution >= 4 is 26.6 Å². The zero-order valence-electron chi connectivity index (χ0n) is 8.32. The van der Waals surface area contributed by atoms with E-state index in [1.54, 1.807) is 19.1 Å². The van der Waals surface area contributed by atoms with Crippen molar-refractivity contribution in [1.29, 1.82) is 0 Å². The Morgan fingerprint density at radius 1 is 1.33 bits per heavy atom. The fraction of sp³-hybridized carbons (Fsp3) is 0.200. The van der Waals surface area contributed by atoms with E-state index in [0.29, 0.717) is 5.69 Å². The van der Waals surface area contributed by atoms with Gasteiger partial charge in [0, 0.05) is 11.7 Å². The summed E-state index contributed by atoms with van der Waals surface area (Å²) in [5.74, 6) is 0.0791. The van der Waals surface area contributed by atoms with Crippen LogP contribution in [-0.2, 0) is 10.0 Å². The molecule has 2 aromatic rings. The van der Waals surface area contributed by atoms with Gasteiger partial charge in [0.25, 0.3) is 0 Å². The minimum Gasteiger partial charge on any atom is -0.361 e. The van der Waals surface area contributed by atoms with Crippen molar-refractivity contribution in [1.82, 2.24) is 4.98 Å². The van der Waals surface area contributed by atoms with Crippen molar-refractivity contribution in [3.05, 3.63) is 30.5 Å². The molecule has 0 amide bonds. The topological polar surface area (TPSA) is 62.0 Å². The molecule has 0 aliphatic carbocycles. The Hall–Kier alpha value is -1.49. The van der Waals surface area contributed by atoms with E-state index in [-0.39, 0.29) is 5.75 Å². The van der Waals surface area contributed by atoms with Crippen molar-refractivity contribution in [3.8, 4) is 0 Å². The molecule has 80 valence electrons. The van der Waals surface area contributed by atoms with Crippen LogP contribution in [0.15, 0.2) is 30.5 Å². The lowest BCUT2D eigenvalue weighted by Crippen LogP contribution is -2.14. The number of aromatic nitrogens is 1. The molecule has 0 spiro atoms. The van der Waals surface area contributed by atoms with Gasteiger partial charge in [0.1, 0.15) is 0 Å². The summed E-state index contributed by atoms with van der Waals surface area (Å²) in [5, 5.41) is 1.06. The maximum atomic E-state index is 11.3. The largest absolute Gasteiger partial charge is 0.361 e. The number of anilines is 1. The van der Waals surface area contributed by atoms with Gasteiger partial charge in [-0.2, -0.15) is 0 Å². The van der Waals surface area contributed by atoms with Crippen LogP contribution >= 0.6 is 0 Å². The second-order valence-corrected chi connectivity index (χ2v) is 5.30. The molecule has 5 heteroatoms. The van der Waals surface area contributed by atoms with Gasteiger partial charge < -0.3 is 4.98 Å². The predicted octanol–water partition coefficient (Wildman–Crippen LogP) is 1.93. The Morgan fingerprint density at radius 2 is 2.13 bits per heavy atom. The smallest absolute Gasteiger partial charge is 0.232 e. The third-order valence-corrected chi connectivity index (χ3v) is 3.52. The monoisotopic (exact) mass is 224 g/mol. The van der Waals surface area contributed by atoms with E-state index in [1.807, 2.05) is 18.3 Å². The van der Waals surface area contributed by atoms with Crippen LogP contribution in [0.4, 0.5) is 5.69 Å². The summed E-state index contributed by atoms with van der Waals surface area (Å²) in [6.45, 7) is 1.61. The molecule has 0 unspecified atom stereocenters. The van der Waals surface area contributed by atoms with E-state index in [4.69, 9.17) is 0 Å². The molecule has 0 fully saturated rings. The van der Waals surface area contributed by atoms with Crippen LogP contribution < -0.4 is 4.72 Å². The fourth-order valence-corrected chi connectivity index (χ4v) is 1.99. The van der Waals surface area contributed by atoms with Crippen molar-refractivity contribution < 1.29 is 8.42 Å². The molecule has 0 aliphatic heterocycles. The molecule has 15 heavy (non-hydrogen) atoms. The summed E-state index contributed by atoms with van der Waals surface area (Å²) < 4.78 is 25.1. The molecule has 2 N–H and O–H groups in total. The number of hydrogen-bond donors (Lipinski definition) is 2. The van der Waals surface area contributed by atoms with E-state index in [9.17, 15) is 8.42 Å². The summed E-state index contributed by atoms with van der Waals surface area (Å²) in [6.07, 6.45) is 1.82. The molecular weight excluding hydrogens is 212 g/mol. The van der Waals surface area contributed by atoms with Gasteiger partial charge in [0.2, 0.25) is 10.0 Å². The second-order valence-electron chi connectivity index (χ2n) is 3.29. The summed E-state index contributed by atoms with van der Waals surface area (Å²) in [6, 6.07) is 7.35. The van der Waals surface area contributed by atoms with Gasteiger partial charge in [0.05, 0.1) is 11.4 Å². The Labute approximate surface area is 88.4 Å². The van der Waals surface area contributed by atoms with Crippen molar-refractivity contribution in [2.24, 2.45) is 0 Å². The van der Waals surface area contributed by atoms with Crippen LogP contribution in [0.5, 0.6) is 0 Å². The molecule has 1 aromatic carbocycles. The SMILES string of the molecule is CCS(=O)(=O)Nc1ccc2cc[nH]c2c1. The maximum Gasteiger partial charge on any atom is 0.232 e. The van der Waals surface area contributed by atoms with Crippen LogP contribution in [0.3, 0.4) is 0 Å². The van der Waals surface area contributed by atoms with E-state index in [2.05, 4.69) is 9.71 Å². The molecule has 0 saturated heterocycles. The zero-order valence-corrected chi connectivity index (χ0v) is 9.14. The lowest BCUT2D eigenvalue weighted by atomic mass is 10.2. The highest BCUT2D eigenvalue weighted by molar-refractivity contribution is 7.92.